The molecule has 1 atom stereocenters. The minimum absolute atomic E-state index is 0.0614. The number of allylic oxidation sites excluding steroid dienone is 1. The molecule has 1 aliphatic carbocycles. The Morgan fingerprint density at radius 3 is 2.68 bits per heavy atom. The molecule has 0 spiro atoms. The Morgan fingerprint density at radius 1 is 1.32 bits per heavy atom. The van der Waals surface area contributed by atoms with Crippen LogP contribution in [0, 0.1) is 5.92 Å². The zero-order valence-corrected chi connectivity index (χ0v) is 19.7. The second-order valence-electron chi connectivity index (χ2n) is 9.42. The lowest BCUT2D eigenvalue weighted by atomic mass is 9.97. The van der Waals surface area contributed by atoms with Crippen molar-refractivity contribution in [1.82, 2.24) is 14.9 Å². The molecule has 0 bridgehead atoms. The summed E-state index contributed by atoms with van der Waals surface area (Å²) in [6.07, 6.45) is 4.32. The number of halogens is 3. The highest BCUT2D eigenvalue weighted by molar-refractivity contribution is 6.34. The first-order chi connectivity index (χ1) is 16.3. The third kappa shape index (κ3) is 4.67. The van der Waals surface area contributed by atoms with Crippen LogP contribution in [-0.4, -0.2) is 78.5 Å². The van der Waals surface area contributed by atoms with Crippen LogP contribution in [0.3, 0.4) is 0 Å². The van der Waals surface area contributed by atoms with Crippen molar-refractivity contribution >= 4 is 40.4 Å². The normalized spacial score (nSPS) is 24.4. The summed E-state index contributed by atoms with van der Waals surface area (Å²) in [5.41, 5.74) is 7.92. The number of piperazine rings is 1. The Kier molecular flexibility index (Phi) is 6.07. The lowest BCUT2D eigenvalue weighted by molar-refractivity contribution is -0.131. The van der Waals surface area contributed by atoms with E-state index < -0.39 is 11.8 Å². The number of anilines is 2. The van der Waals surface area contributed by atoms with E-state index in [1.54, 1.807) is 6.20 Å². The van der Waals surface area contributed by atoms with Crippen molar-refractivity contribution in [3.63, 3.8) is 0 Å². The van der Waals surface area contributed by atoms with Gasteiger partial charge in [-0.3, -0.25) is 9.89 Å². The van der Waals surface area contributed by atoms with Gasteiger partial charge in [-0.25, -0.2) is 18.7 Å². The van der Waals surface area contributed by atoms with Gasteiger partial charge in [-0.15, -0.1) is 0 Å². The number of hydrogen-bond donors (Lipinski definition) is 2. The summed E-state index contributed by atoms with van der Waals surface area (Å²) in [7, 11) is 0. The van der Waals surface area contributed by atoms with Crippen LogP contribution in [0.5, 0.6) is 0 Å². The molecule has 8 nitrogen and oxygen atoms in total. The molecule has 3 N–H and O–H groups in total. The van der Waals surface area contributed by atoms with Crippen LogP contribution >= 0.6 is 11.6 Å². The van der Waals surface area contributed by atoms with E-state index in [9.17, 15) is 8.78 Å². The maximum absolute atomic E-state index is 13.0. The van der Waals surface area contributed by atoms with Crippen LogP contribution in [0.25, 0.3) is 10.9 Å². The van der Waals surface area contributed by atoms with Crippen LogP contribution in [-0.2, 0) is 4.74 Å². The molecule has 3 aliphatic rings. The third-order valence-electron chi connectivity index (χ3n) is 6.81. The molecular formula is C23H28ClF2N7O. The first-order valence-corrected chi connectivity index (χ1v) is 11.8. The van der Waals surface area contributed by atoms with Crippen LogP contribution in [0.2, 0.25) is 5.02 Å². The lowest BCUT2D eigenvalue weighted by Crippen LogP contribution is -2.64. The van der Waals surface area contributed by atoms with E-state index in [2.05, 4.69) is 37.0 Å². The smallest absolute Gasteiger partial charge is 0.253 e. The number of aromatic nitrogens is 2. The summed E-state index contributed by atoms with van der Waals surface area (Å²) in [6, 6.07) is 3.85. The molecule has 182 valence electrons. The fraction of sp³-hybridized carbons (Fsp3) is 0.522. The van der Waals surface area contributed by atoms with Crippen LogP contribution < -0.4 is 16.0 Å². The standard InChI is InChI=1S/C23H28ClF2N7O/c1-22(13-34-14-22)33-4-2-32(3-5-33)20-7-19-15(6-18(20)24)10-29-21(31-19)30-17(9-27)12-28-11-16-8-23(16,25)26/h6-7,9-10,12,16H,2-5,8,11,13-14,27H2,1H3,(H,29,30,31)/b17-9+,28-12?. The Bertz CT molecular complexity index is 1130. The van der Waals surface area contributed by atoms with Gasteiger partial charge in [-0.05, 0) is 19.1 Å². The molecule has 3 fully saturated rings. The minimum atomic E-state index is -2.59. The number of alkyl halides is 2. The molecule has 3 heterocycles. The highest BCUT2D eigenvalue weighted by Gasteiger charge is 2.56. The Morgan fingerprint density at radius 2 is 2.06 bits per heavy atom. The van der Waals surface area contributed by atoms with Gasteiger partial charge in [0.15, 0.2) is 0 Å². The van der Waals surface area contributed by atoms with Crippen molar-refractivity contribution in [1.29, 1.82) is 0 Å². The first-order valence-electron chi connectivity index (χ1n) is 11.4. The molecule has 0 radical (unpaired) electrons. The number of rotatable bonds is 7. The summed E-state index contributed by atoms with van der Waals surface area (Å²) in [6.45, 7) is 7.51. The molecule has 1 unspecified atom stereocenters. The van der Waals surface area contributed by atoms with E-state index in [4.69, 9.17) is 22.1 Å². The largest absolute Gasteiger partial charge is 0.403 e. The average Bonchev–Trinajstić information content (AvgIpc) is 3.42. The van der Waals surface area contributed by atoms with Gasteiger partial charge in [0.05, 0.1) is 40.7 Å². The van der Waals surface area contributed by atoms with Gasteiger partial charge in [-0.2, -0.15) is 0 Å². The second-order valence-corrected chi connectivity index (χ2v) is 9.83. The van der Waals surface area contributed by atoms with Crippen molar-refractivity contribution in [2.24, 2.45) is 16.6 Å². The van der Waals surface area contributed by atoms with Crippen LogP contribution in [0.15, 0.2) is 35.2 Å². The van der Waals surface area contributed by atoms with Gasteiger partial charge in [0.25, 0.3) is 5.92 Å². The number of benzene rings is 1. The number of nitrogens with one attached hydrogen (secondary N) is 1. The van der Waals surface area contributed by atoms with E-state index in [-0.39, 0.29) is 18.5 Å². The lowest BCUT2D eigenvalue weighted by Gasteiger charge is -2.50. The van der Waals surface area contributed by atoms with Gasteiger partial charge in [-0.1, -0.05) is 11.6 Å². The zero-order valence-electron chi connectivity index (χ0n) is 19.0. The zero-order chi connectivity index (χ0) is 23.9. The van der Waals surface area contributed by atoms with Crippen molar-refractivity contribution in [3.8, 4) is 0 Å². The molecule has 2 aromatic rings. The molecule has 1 saturated carbocycles. The number of nitrogens with two attached hydrogens (primary N) is 1. The fourth-order valence-corrected chi connectivity index (χ4v) is 4.69. The van der Waals surface area contributed by atoms with Crippen molar-refractivity contribution in [3.05, 3.63) is 35.2 Å². The van der Waals surface area contributed by atoms with Gasteiger partial charge in [0.2, 0.25) is 5.95 Å². The van der Waals surface area contributed by atoms with Gasteiger partial charge < -0.3 is 20.7 Å². The summed E-state index contributed by atoms with van der Waals surface area (Å²) in [5.74, 6) is -2.94. The van der Waals surface area contributed by atoms with Crippen molar-refractivity contribution in [2.45, 2.75) is 24.8 Å². The number of nitrogens with zero attached hydrogens (tertiary/aromatic N) is 5. The van der Waals surface area contributed by atoms with E-state index in [1.807, 2.05) is 12.1 Å². The van der Waals surface area contributed by atoms with Gasteiger partial charge in [0, 0.05) is 69.1 Å². The van der Waals surface area contributed by atoms with Crippen molar-refractivity contribution < 1.29 is 13.5 Å². The third-order valence-corrected chi connectivity index (χ3v) is 7.11. The van der Waals surface area contributed by atoms with E-state index in [0.717, 1.165) is 56.0 Å². The van der Waals surface area contributed by atoms with Crippen LogP contribution in [0.4, 0.5) is 20.4 Å². The summed E-state index contributed by atoms with van der Waals surface area (Å²) in [4.78, 5) is 17.8. The van der Waals surface area contributed by atoms with Crippen LogP contribution in [0.1, 0.15) is 13.3 Å². The Labute approximate surface area is 201 Å². The predicted octanol–water partition coefficient (Wildman–Crippen LogP) is 3.13. The monoisotopic (exact) mass is 491 g/mol. The predicted molar refractivity (Wildman–Crippen MR) is 130 cm³/mol. The van der Waals surface area contributed by atoms with Gasteiger partial charge >= 0.3 is 0 Å². The molecular weight excluding hydrogens is 464 g/mol. The number of aliphatic imine (C=N–C) groups is 1. The molecule has 2 aliphatic heterocycles. The number of hydrogen-bond acceptors (Lipinski definition) is 8. The minimum Gasteiger partial charge on any atom is -0.403 e. The summed E-state index contributed by atoms with van der Waals surface area (Å²) in [5, 5.41) is 4.48. The molecule has 2 saturated heterocycles. The highest BCUT2D eigenvalue weighted by atomic mass is 35.5. The van der Waals surface area contributed by atoms with Crippen molar-refractivity contribution in [2.75, 3.05) is 56.2 Å². The molecule has 5 rings (SSSR count). The van der Waals surface area contributed by atoms with E-state index >= 15 is 0 Å². The molecule has 0 amide bonds. The quantitative estimate of drug-likeness (QED) is 0.575. The highest BCUT2D eigenvalue weighted by Crippen LogP contribution is 2.48. The maximum Gasteiger partial charge on any atom is 0.253 e. The summed E-state index contributed by atoms with van der Waals surface area (Å²) >= 11 is 6.61. The fourth-order valence-electron chi connectivity index (χ4n) is 4.40. The summed E-state index contributed by atoms with van der Waals surface area (Å²) < 4.78 is 31.4. The molecule has 11 heteroatoms. The SMILES string of the molecule is CC1(N2CCN(c3cc4nc(N/C(C=NCC5CC5(F)F)=C/N)ncc4cc3Cl)CC2)COC1. The van der Waals surface area contributed by atoms with E-state index in [0.29, 0.717) is 16.7 Å². The Balaban J connectivity index is 1.27. The van der Waals surface area contributed by atoms with Gasteiger partial charge in [0.1, 0.15) is 0 Å². The number of ether oxygens (including phenoxy) is 1. The van der Waals surface area contributed by atoms with E-state index in [1.165, 1.54) is 12.4 Å². The Hall–Kier alpha value is -2.56. The number of fused-ring (bicyclic) bond motifs is 1. The molecule has 1 aromatic carbocycles. The first kappa shape index (κ1) is 23.2. The topological polar surface area (TPSA) is 91.9 Å². The second kappa shape index (κ2) is 8.90. The maximum atomic E-state index is 13.0. The average molecular weight is 492 g/mol. The molecule has 1 aromatic heterocycles. The molecule has 34 heavy (non-hydrogen) atoms.